The van der Waals surface area contributed by atoms with Gasteiger partial charge < -0.3 is 25.4 Å². The van der Waals surface area contributed by atoms with E-state index >= 15 is 0 Å². The number of carbonyl (C=O) groups excluding carboxylic acids is 1. The van der Waals surface area contributed by atoms with E-state index in [2.05, 4.69) is 31.7 Å². The Morgan fingerprint density at radius 2 is 1.88 bits per heavy atom. The average molecular weight is 721 g/mol. The molecule has 2 aliphatic heterocycles. The van der Waals surface area contributed by atoms with E-state index in [-0.39, 0.29) is 29.8 Å². The number of β-amino-alcohol motifs (C(OH)–C–C–N with tert-alkyl or cyclic N) is 1. The highest BCUT2D eigenvalue weighted by atomic mass is 35.5. The predicted molar refractivity (Wildman–Crippen MR) is 201 cm³/mol. The third kappa shape index (κ3) is 5.84. The number of halogens is 1. The van der Waals surface area contributed by atoms with Gasteiger partial charge in [-0.25, -0.2) is 19.4 Å². The number of carbonyl (C=O) groups is 1. The molecular weight excluding hydrogens is 680 g/mol. The van der Waals surface area contributed by atoms with E-state index in [4.69, 9.17) is 21.3 Å². The van der Waals surface area contributed by atoms with Gasteiger partial charge in [-0.3, -0.25) is 9.69 Å². The highest BCUT2D eigenvalue weighted by Gasteiger charge is 2.46. The molecule has 2 aromatic carbocycles. The number of nitrogens with zero attached hydrogens (tertiary/aromatic N) is 6. The summed E-state index contributed by atoms with van der Waals surface area (Å²) in [7, 11) is 3.29. The van der Waals surface area contributed by atoms with E-state index in [1.807, 2.05) is 43.3 Å². The molecule has 268 valence electrons. The van der Waals surface area contributed by atoms with Gasteiger partial charge in [0.05, 0.1) is 41.6 Å². The van der Waals surface area contributed by atoms with Gasteiger partial charge in [-0.15, -0.1) is 0 Å². The monoisotopic (exact) mass is 720 g/mol. The van der Waals surface area contributed by atoms with Gasteiger partial charge >= 0.3 is 6.03 Å². The van der Waals surface area contributed by atoms with Gasteiger partial charge in [-0.05, 0) is 67.5 Å². The van der Waals surface area contributed by atoms with Crippen LogP contribution < -0.4 is 20.9 Å². The highest BCUT2D eigenvalue weighted by Crippen LogP contribution is 2.47. The smallest absolute Gasteiger partial charge is 0.317 e. The molecule has 2 amide bonds. The van der Waals surface area contributed by atoms with Gasteiger partial charge in [0.15, 0.2) is 0 Å². The number of pyridine rings is 2. The lowest BCUT2D eigenvalue weighted by atomic mass is 9.92. The highest BCUT2D eigenvalue weighted by molar-refractivity contribution is 6.36. The van der Waals surface area contributed by atoms with Crippen molar-refractivity contribution in [1.82, 2.24) is 34.9 Å². The molecule has 1 spiro atoms. The zero-order chi connectivity index (χ0) is 36.1. The largest absolute Gasteiger partial charge is 0.481 e. The number of benzene rings is 2. The maximum atomic E-state index is 13.0. The van der Waals surface area contributed by atoms with Crippen molar-refractivity contribution in [2.75, 3.05) is 45.2 Å². The molecule has 12 nitrogen and oxygen atoms in total. The molecule has 3 aromatic heterocycles. The number of aliphatic hydroxyl groups excluding tert-OH is 1. The summed E-state index contributed by atoms with van der Waals surface area (Å²) in [6.07, 6.45) is 6.90. The lowest BCUT2D eigenvalue weighted by Gasteiger charge is -2.40. The lowest BCUT2D eigenvalue weighted by molar-refractivity contribution is 0.127. The van der Waals surface area contributed by atoms with E-state index in [0.29, 0.717) is 40.6 Å². The summed E-state index contributed by atoms with van der Waals surface area (Å²) in [5.74, 6) is 1.07. The number of methoxy groups -OCH3 is 1. The Hall–Kier alpha value is -5.04. The van der Waals surface area contributed by atoms with Gasteiger partial charge in [-0.1, -0.05) is 41.9 Å². The van der Waals surface area contributed by atoms with Crippen LogP contribution in [0.3, 0.4) is 0 Å². The number of hydrogen-bond acceptors (Lipinski definition) is 9. The summed E-state index contributed by atoms with van der Waals surface area (Å²) in [6.45, 7) is 4.64. The van der Waals surface area contributed by atoms with Crippen molar-refractivity contribution >= 4 is 39.9 Å². The number of anilines is 2. The van der Waals surface area contributed by atoms with Crippen LogP contribution in [0.2, 0.25) is 5.02 Å². The van der Waals surface area contributed by atoms with Crippen molar-refractivity contribution in [3.05, 3.63) is 93.0 Å². The molecule has 5 aromatic rings. The molecule has 8 rings (SSSR count). The number of aryl methyl sites for hydroxylation is 2. The fourth-order valence-corrected chi connectivity index (χ4v) is 8.59. The van der Waals surface area contributed by atoms with Gasteiger partial charge in [0.1, 0.15) is 5.82 Å². The summed E-state index contributed by atoms with van der Waals surface area (Å²) < 4.78 is 7.28. The summed E-state index contributed by atoms with van der Waals surface area (Å²) >= 11 is 7.26. The third-order valence-electron chi connectivity index (χ3n) is 11.0. The Morgan fingerprint density at radius 1 is 1.10 bits per heavy atom. The summed E-state index contributed by atoms with van der Waals surface area (Å²) in [5, 5.41) is 21.9. The van der Waals surface area contributed by atoms with E-state index in [1.165, 1.54) is 10.2 Å². The molecule has 3 aliphatic rings. The number of amides is 2. The molecule has 1 aliphatic carbocycles. The van der Waals surface area contributed by atoms with Crippen LogP contribution in [-0.2, 0) is 13.5 Å². The summed E-state index contributed by atoms with van der Waals surface area (Å²) in [4.78, 5) is 39.5. The Morgan fingerprint density at radius 3 is 2.69 bits per heavy atom. The van der Waals surface area contributed by atoms with Crippen LogP contribution >= 0.6 is 11.6 Å². The van der Waals surface area contributed by atoms with Gasteiger partial charge in [0.2, 0.25) is 5.88 Å². The van der Waals surface area contributed by atoms with E-state index in [1.54, 1.807) is 37.5 Å². The maximum Gasteiger partial charge on any atom is 0.317 e. The first-order valence-corrected chi connectivity index (χ1v) is 18.0. The third-order valence-corrected chi connectivity index (χ3v) is 11.5. The Bertz CT molecular complexity index is 2280. The lowest BCUT2D eigenvalue weighted by Crippen LogP contribution is -2.61. The zero-order valence-corrected chi connectivity index (χ0v) is 30.2. The van der Waals surface area contributed by atoms with Crippen molar-refractivity contribution in [2.24, 2.45) is 7.05 Å². The molecule has 2 atom stereocenters. The second kappa shape index (κ2) is 13.5. The van der Waals surface area contributed by atoms with Crippen molar-refractivity contribution < 1.29 is 14.6 Å². The molecule has 5 heterocycles. The predicted octanol–water partition coefficient (Wildman–Crippen LogP) is 5.61. The zero-order valence-electron chi connectivity index (χ0n) is 29.4. The molecule has 13 heteroatoms. The number of hydrogen-bond donors (Lipinski definition) is 3. The topological polar surface area (TPSA) is 138 Å². The number of aliphatic hydroxyl groups is 1. The summed E-state index contributed by atoms with van der Waals surface area (Å²) in [5.41, 5.74) is 6.94. The van der Waals surface area contributed by atoms with E-state index < -0.39 is 0 Å². The van der Waals surface area contributed by atoms with Crippen LogP contribution in [0.25, 0.3) is 33.2 Å². The maximum absolute atomic E-state index is 13.0. The van der Waals surface area contributed by atoms with Crippen molar-refractivity contribution in [2.45, 2.75) is 44.2 Å². The van der Waals surface area contributed by atoms with E-state index in [0.717, 1.165) is 78.0 Å². The number of rotatable bonds is 8. The molecule has 0 bridgehead atoms. The Kier molecular flexibility index (Phi) is 8.84. The minimum absolute atomic E-state index is 0.0346. The van der Waals surface area contributed by atoms with Gasteiger partial charge in [0.25, 0.3) is 5.56 Å². The molecule has 52 heavy (non-hydrogen) atoms. The van der Waals surface area contributed by atoms with E-state index in [9.17, 15) is 14.7 Å². The average Bonchev–Trinajstić information content (AvgIpc) is 3.76. The molecule has 0 saturated carbocycles. The second-order valence-electron chi connectivity index (χ2n) is 14.0. The van der Waals surface area contributed by atoms with Crippen LogP contribution in [0.15, 0.2) is 65.7 Å². The molecule has 2 fully saturated rings. The minimum atomic E-state index is -0.259. The van der Waals surface area contributed by atoms with Crippen molar-refractivity contribution in [1.29, 1.82) is 0 Å². The van der Waals surface area contributed by atoms with Crippen molar-refractivity contribution in [3.63, 3.8) is 0 Å². The van der Waals surface area contributed by atoms with Gasteiger partial charge in [-0.2, -0.15) is 5.10 Å². The number of likely N-dealkylation sites (tertiary alicyclic amines) is 1. The fourth-order valence-electron chi connectivity index (χ4n) is 8.27. The number of ether oxygens (including phenoxy) is 1. The first-order valence-electron chi connectivity index (χ1n) is 17.7. The summed E-state index contributed by atoms with van der Waals surface area (Å²) in [6, 6.07) is 15.9. The first-order chi connectivity index (χ1) is 25.2. The molecule has 3 N–H and O–H groups in total. The normalized spacial score (nSPS) is 20.1. The number of urea groups is 1. The SMILES string of the molecule is COc1nc(-c2cccc(-c3cccc(Nc4nccc5cnn(C)c(=O)c45)c3C)c2Cl)cc2c1[C@H](N1CC[C@@]3(CCN(CCO)C(=O)N3)C1)CC2. The Labute approximate surface area is 306 Å². The van der Waals surface area contributed by atoms with Crippen LogP contribution in [0.4, 0.5) is 16.3 Å². The van der Waals surface area contributed by atoms with Crippen LogP contribution in [0.1, 0.15) is 42.0 Å². The van der Waals surface area contributed by atoms with Crippen LogP contribution in [0.5, 0.6) is 5.88 Å². The fraction of sp³-hybridized carbons (Fsp3) is 0.359. The first kappa shape index (κ1) is 34.1. The number of nitrogens with one attached hydrogen (secondary N) is 2. The van der Waals surface area contributed by atoms with Crippen molar-refractivity contribution in [3.8, 4) is 28.3 Å². The second-order valence-corrected chi connectivity index (χ2v) is 14.4. The molecule has 0 radical (unpaired) electrons. The standard InChI is InChI=1S/C39H41ClN8O4/c1-23-26(6-5-9-29(23)43-35-33-25(12-15-41-35)21-42-46(2)37(33)50)27-7-4-8-28(34(27)40)30-20-24-10-11-31(32(24)36(44-30)52-3)48-17-14-39(22-48)13-16-47(18-19-49)38(51)45-39/h4-9,12,15,20-21,31,49H,10-11,13-14,16-19,22H2,1-3H3,(H,41,43)(H,45,51)/t31-,39+/m1/s1. The number of aromatic nitrogens is 4. The number of fused-ring (bicyclic) bond motifs is 2. The Balaban J connectivity index is 1.08. The van der Waals surface area contributed by atoms with Crippen LogP contribution in [-0.4, -0.2) is 86.1 Å². The van der Waals surface area contributed by atoms with Crippen LogP contribution in [0, 0.1) is 6.92 Å². The molecule has 0 unspecified atom stereocenters. The quantitative estimate of drug-likeness (QED) is 0.187. The molecule has 2 saturated heterocycles. The molecular formula is C39H41ClN8O4. The van der Waals surface area contributed by atoms with Gasteiger partial charge in [0, 0.05) is 73.2 Å². The minimum Gasteiger partial charge on any atom is -0.481 e.